The molecule has 1 aliphatic carbocycles. The molecule has 1 saturated carbocycles. The number of nitrogens with zero attached hydrogens (tertiary/aromatic N) is 2. The number of hydrazine groups is 1. The van der Waals surface area contributed by atoms with Crippen molar-refractivity contribution in [1.82, 2.24) is 26.0 Å². The molecule has 6 N–H and O–H groups in total. The summed E-state index contributed by atoms with van der Waals surface area (Å²) in [6.45, 7) is 5.01. The maximum absolute atomic E-state index is 13.6. The number of methoxy groups -OCH3 is 1. The van der Waals surface area contributed by atoms with E-state index in [1.54, 1.807) is 37.5 Å². The normalized spacial score (nSPS) is 25.8. The molecule has 49 heavy (non-hydrogen) atoms. The third-order valence-corrected chi connectivity index (χ3v) is 10.4. The van der Waals surface area contributed by atoms with Crippen LogP contribution in [0.5, 0.6) is 5.75 Å². The number of aliphatic imine (C=N–C) groups is 1. The summed E-state index contributed by atoms with van der Waals surface area (Å²) in [5.74, 6) is 0.752. The molecule has 0 radical (unpaired) electrons. The van der Waals surface area contributed by atoms with Gasteiger partial charge in [0.25, 0.3) is 0 Å². The highest BCUT2D eigenvalue weighted by atomic mass is 35.5. The molecule has 2 amide bonds. The molecule has 0 bridgehead atoms. The zero-order valence-electron chi connectivity index (χ0n) is 27.9. The van der Waals surface area contributed by atoms with Crippen LogP contribution in [-0.4, -0.2) is 79.3 Å². The Kier molecular flexibility index (Phi) is 10.5. The Balaban J connectivity index is 1.22. The lowest BCUT2D eigenvalue weighted by Crippen LogP contribution is -2.72. The van der Waals surface area contributed by atoms with E-state index in [2.05, 4.69) is 47.5 Å². The molecule has 0 aromatic heterocycles. The highest BCUT2D eigenvalue weighted by molar-refractivity contribution is 6.58. The summed E-state index contributed by atoms with van der Waals surface area (Å²) in [5.41, 5.74) is 12.0. The van der Waals surface area contributed by atoms with E-state index in [9.17, 15) is 19.6 Å². The minimum Gasteiger partial charge on any atom is -0.497 e. The molecule has 0 spiro atoms. The van der Waals surface area contributed by atoms with Crippen molar-refractivity contribution in [2.24, 2.45) is 10.9 Å². The van der Waals surface area contributed by atoms with Gasteiger partial charge in [-0.2, -0.15) is 5.43 Å². The summed E-state index contributed by atoms with van der Waals surface area (Å²) >= 11 is 6.29. The van der Waals surface area contributed by atoms with Gasteiger partial charge in [-0.1, -0.05) is 54.9 Å². The molecule has 6 rings (SSSR count). The van der Waals surface area contributed by atoms with Crippen molar-refractivity contribution < 1.29 is 24.4 Å². The SMILES string of the molecule is COc1ccc2c(c1)C(c1ccc(Cl)cc1)=NC(CC(=O)NCCNC(=O)C=Cc1ccc(B(O)O)cc1)C1NNC(C)[N+]21C1CCC1C. The zero-order chi connectivity index (χ0) is 34.7. The first-order chi connectivity index (χ1) is 23.6. The number of halogens is 1. The van der Waals surface area contributed by atoms with E-state index in [4.69, 9.17) is 21.3 Å². The predicted molar refractivity (Wildman–Crippen MR) is 193 cm³/mol. The van der Waals surface area contributed by atoms with Gasteiger partial charge in [0.05, 0.1) is 30.8 Å². The third-order valence-electron chi connectivity index (χ3n) is 10.1. The van der Waals surface area contributed by atoms with Crippen molar-refractivity contribution >= 4 is 53.5 Å². The fourth-order valence-corrected chi connectivity index (χ4v) is 7.61. The first kappa shape index (κ1) is 34.8. The standard InChI is InChI=1S/C36H42BClN6O5/c1-22-4-15-31(22)44-23(2)42-43-36(44)30(41-35(25-8-12-27(38)13-9-25)29-20-28(49-3)14-16-32(29)44)21-34(46)40-19-18-39-33(45)17-7-24-5-10-26(11-6-24)37(47)48/h5-14,16-17,20,22-23,30-31,36,42-43,47-48H,4,15,18-19,21H2,1-3H3,(H-,39,40,45,46)/p+1. The Morgan fingerprint density at radius 3 is 2.41 bits per heavy atom. The molecular formula is C36H43BClN6O5+. The molecule has 2 aliphatic heterocycles. The molecule has 6 atom stereocenters. The van der Waals surface area contributed by atoms with Crippen molar-refractivity contribution in [3.63, 3.8) is 0 Å². The number of hydrogen-bond acceptors (Lipinski definition) is 8. The topological polar surface area (TPSA) is 144 Å². The van der Waals surface area contributed by atoms with Gasteiger partial charge in [0.1, 0.15) is 17.5 Å². The highest BCUT2D eigenvalue weighted by Gasteiger charge is 2.62. The van der Waals surface area contributed by atoms with Gasteiger partial charge in [0.15, 0.2) is 12.3 Å². The number of fused-ring (bicyclic) bond motifs is 3. The summed E-state index contributed by atoms with van der Waals surface area (Å²) in [7, 11) is 0.121. The van der Waals surface area contributed by atoms with E-state index >= 15 is 0 Å². The average molecular weight is 686 g/mol. The fourth-order valence-electron chi connectivity index (χ4n) is 7.49. The van der Waals surface area contributed by atoms with Crippen molar-refractivity contribution in [3.05, 3.63) is 94.5 Å². The van der Waals surface area contributed by atoms with E-state index < -0.39 is 13.2 Å². The predicted octanol–water partition coefficient (Wildman–Crippen LogP) is 2.47. The Bertz CT molecular complexity index is 1740. The number of hydrogen-bond donors (Lipinski definition) is 6. The van der Waals surface area contributed by atoms with E-state index in [1.807, 2.05) is 30.3 Å². The van der Waals surface area contributed by atoms with E-state index in [1.165, 1.54) is 6.08 Å². The summed E-state index contributed by atoms with van der Waals surface area (Å²) in [6.07, 6.45) is 5.18. The maximum atomic E-state index is 13.6. The van der Waals surface area contributed by atoms with E-state index in [0.717, 1.165) is 46.7 Å². The Morgan fingerprint density at radius 2 is 1.76 bits per heavy atom. The Morgan fingerprint density at radius 1 is 1.02 bits per heavy atom. The lowest BCUT2D eigenvalue weighted by molar-refractivity contribution is -0.122. The first-order valence-electron chi connectivity index (χ1n) is 16.7. The molecule has 3 aromatic rings. The van der Waals surface area contributed by atoms with Gasteiger partial charge < -0.3 is 25.4 Å². The van der Waals surface area contributed by atoms with Crippen LogP contribution >= 0.6 is 11.6 Å². The van der Waals surface area contributed by atoms with Crippen LogP contribution < -0.4 is 36.2 Å². The van der Waals surface area contributed by atoms with Crippen molar-refractivity contribution in [1.29, 1.82) is 0 Å². The largest absolute Gasteiger partial charge is 0.497 e. The van der Waals surface area contributed by atoms with E-state index in [-0.39, 0.29) is 43.7 Å². The monoisotopic (exact) mass is 685 g/mol. The second-order valence-corrected chi connectivity index (χ2v) is 13.5. The number of carbonyl (C=O) groups is 2. The number of quaternary nitrogens is 1. The van der Waals surface area contributed by atoms with Crippen LogP contribution in [0.1, 0.15) is 49.8 Å². The van der Waals surface area contributed by atoms with Gasteiger partial charge in [-0.05, 0) is 47.8 Å². The van der Waals surface area contributed by atoms with Gasteiger partial charge in [0, 0.05) is 55.1 Å². The maximum Gasteiger partial charge on any atom is 0.488 e. The van der Waals surface area contributed by atoms with Gasteiger partial charge in [-0.15, -0.1) is 0 Å². The molecule has 6 unspecified atom stereocenters. The molecule has 3 aliphatic rings. The molecular weight excluding hydrogens is 643 g/mol. The molecule has 256 valence electrons. The smallest absolute Gasteiger partial charge is 0.488 e. The van der Waals surface area contributed by atoms with Gasteiger partial charge in [-0.25, -0.2) is 5.43 Å². The number of carbonyl (C=O) groups excluding carboxylic acids is 2. The second kappa shape index (κ2) is 14.8. The second-order valence-electron chi connectivity index (χ2n) is 13.0. The van der Waals surface area contributed by atoms with Gasteiger partial charge in [0.2, 0.25) is 11.8 Å². The summed E-state index contributed by atoms with van der Waals surface area (Å²) in [6, 6.07) is 20.3. The molecule has 1 saturated heterocycles. The number of ether oxygens (including phenoxy) is 1. The van der Waals surface area contributed by atoms with Crippen LogP contribution in [0.4, 0.5) is 5.69 Å². The Labute approximate surface area is 292 Å². The van der Waals surface area contributed by atoms with Gasteiger partial charge >= 0.3 is 7.12 Å². The van der Waals surface area contributed by atoms with E-state index in [0.29, 0.717) is 26.9 Å². The van der Waals surface area contributed by atoms with Crippen LogP contribution in [0.25, 0.3) is 6.08 Å². The highest BCUT2D eigenvalue weighted by Crippen LogP contribution is 2.49. The summed E-state index contributed by atoms with van der Waals surface area (Å²) in [5, 5.41) is 24.9. The quantitative estimate of drug-likeness (QED) is 0.0788. The molecule has 2 heterocycles. The number of amides is 2. The van der Waals surface area contributed by atoms with Crippen molar-refractivity contribution in [3.8, 4) is 5.75 Å². The lowest BCUT2D eigenvalue weighted by atomic mass is 9.76. The minimum atomic E-state index is -1.54. The molecule has 2 fully saturated rings. The average Bonchev–Trinajstić information content (AvgIpc) is 3.37. The molecule has 13 heteroatoms. The molecule has 3 aromatic carbocycles. The van der Waals surface area contributed by atoms with Crippen LogP contribution in [0.2, 0.25) is 5.02 Å². The fraction of sp³-hybridized carbons (Fsp3) is 0.361. The number of rotatable bonds is 11. The molecule has 11 nitrogen and oxygen atoms in total. The summed E-state index contributed by atoms with van der Waals surface area (Å²) in [4.78, 5) is 31.4. The van der Waals surface area contributed by atoms with Crippen LogP contribution in [0.3, 0.4) is 0 Å². The summed E-state index contributed by atoms with van der Waals surface area (Å²) < 4.78 is 6.32. The first-order valence-corrected chi connectivity index (χ1v) is 17.1. The van der Waals surface area contributed by atoms with Crippen LogP contribution in [0.15, 0.2) is 77.8 Å². The number of nitrogens with one attached hydrogen (secondary N) is 4. The lowest BCUT2D eigenvalue weighted by Gasteiger charge is -2.54. The van der Waals surface area contributed by atoms with Crippen LogP contribution in [-0.2, 0) is 9.59 Å². The van der Waals surface area contributed by atoms with Gasteiger partial charge in [-0.3, -0.25) is 19.1 Å². The Hall–Kier alpha value is -4.04. The minimum absolute atomic E-state index is 0.0118. The van der Waals surface area contributed by atoms with Crippen molar-refractivity contribution in [2.45, 2.75) is 57.5 Å². The third kappa shape index (κ3) is 7.03. The van der Waals surface area contributed by atoms with Crippen LogP contribution in [0, 0.1) is 5.92 Å². The zero-order valence-corrected chi connectivity index (χ0v) is 28.7. The van der Waals surface area contributed by atoms with Crippen molar-refractivity contribution in [2.75, 3.05) is 20.2 Å². The number of benzene rings is 3.